The molecule has 9 heteroatoms. The molecule has 1 aliphatic rings. The van der Waals surface area contributed by atoms with Crippen LogP contribution in [0.1, 0.15) is 23.7 Å². The number of carboxylic acid groups (broad SMARTS) is 1. The maximum Gasteiger partial charge on any atom is 0.307 e. The zero-order valence-corrected chi connectivity index (χ0v) is 24.4. The number of oxazole rings is 1. The number of hydrogen-bond acceptors (Lipinski definition) is 6. The fourth-order valence-electron chi connectivity index (χ4n) is 5.17. The molecule has 1 aromatic heterocycles. The largest absolute Gasteiger partial charge is 0.481 e. The van der Waals surface area contributed by atoms with Gasteiger partial charge in [-0.15, -0.1) is 11.8 Å². The van der Waals surface area contributed by atoms with Crippen LogP contribution >= 0.6 is 11.8 Å². The Morgan fingerprint density at radius 1 is 0.773 bits per heavy atom. The minimum absolute atomic E-state index is 0.182. The number of anilines is 2. The van der Waals surface area contributed by atoms with Crippen LogP contribution < -0.4 is 10.6 Å². The fraction of sp³-hybridized carbons (Fsp3) is 0.143. The average Bonchev–Trinajstić information content (AvgIpc) is 3.49. The normalized spacial score (nSPS) is 16.7. The number of thioether (sulfide) groups is 1. The van der Waals surface area contributed by atoms with Gasteiger partial charge < -0.3 is 20.2 Å². The molecule has 0 bridgehead atoms. The third-order valence-electron chi connectivity index (χ3n) is 7.50. The first-order chi connectivity index (χ1) is 21.4. The van der Waals surface area contributed by atoms with E-state index in [0.29, 0.717) is 35.7 Å². The lowest BCUT2D eigenvalue weighted by atomic mass is 9.82. The molecule has 3 N–H and O–H groups in total. The van der Waals surface area contributed by atoms with Gasteiger partial charge in [0.15, 0.2) is 5.58 Å². The van der Waals surface area contributed by atoms with Crippen molar-refractivity contribution in [2.24, 2.45) is 11.8 Å². The van der Waals surface area contributed by atoms with Gasteiger partial charge in [-0.3, -0.25) is 14.4 Å². The molecule has 0 saturated heterocycles. The SMILES string of the molecule is O=C(Nc1ccc(-c2nc3ccccc3o2)cc1)C(Sc1ccc(NC(=O)C2CC=CCC2C(=O)O)cc1)c1ccccc1. The Labute approximate surface area is 258 Å². The molecule has 0 aliphatic heterocycles. The second kappa shape index (κ2) is 13.0. The lowest BCUT2D eigenvalue weighted by Gasteiger charge is -2.24. The number of allylic oxidation sites excluding steroid dienone is 2. The maximum absolute atomic E-state index is 13.6. The van der Waals surface area contributed by atoms with Crippen molar-refractivity contribution in [1.82, 2.24) is 4.98 Å². The standard InChI is InChI=1S/C35H29N3O5S/c39-32(27-10-4-5-11-28(27)35(41)42)36-25-18-20-26(21-19-25)44-31(22-8-2-1-3-9-22)33(40)37-24-16-14-23(15-17-24)34-38-29-12-6-7-13-30(29)43-34/h1-9,12-21,27-28,31H,10-11H2,(H,36,39)(H,37,40)(H,41,42). The Morgan fingerprint density at radius 2 is 1.41 bits per heavy atom. The molecule has 220 valence electrons. The van der Waals surface area contributed by atoms with Gasteiger partial charge >= 0.3 is 5.97 Å². The highest BCUT2D eigenvalue weighted by Gasteiger charge is 2.34. The Bertz CT molecular complexity index is 1780. The van der Waals surface area contributed by atoms with Crippen LogP contribution in [0.3, 0.4) is 0 Å². The van der Waals surface area contributed by atoms with Crippen LogP contribution in [0.4, 0.5) is 11.4 Å². The number of aromatic nitrogens is 1. The summed E-state index contributed by atoms with van der Waals surface area (Å²) in [7, 11) is 0. The minimum Gasteiger partial charge on any atom is -0.481 e. The smallest absolute Gasteiger partial charge is 0.307 e. The zero-order chi connectivity index (χ0) is 30.5. The van der Waals surface area contributed by atoms with Crippen molar-refractivity contribution in [2.45, 2.75) is 23.0 Å². The molecule has 1 heterocycles. The number of nitrogens with one attached hydrogen (secondary N) is 2. The number of benzene rings is 4. The molecule has 0 fully saturated rings. The zero-order valence-electron chi connectivity index (χ0n) is 23.6. The molecule has 3 atom stereocenters. The number of amides is 2. The van der Waals surface area contributed by atoms with Gasteiger partial charge in [-0.1, -0.05) is 54.6 Å². The van der Waals surface area contributed by atoms with E-state index < -0.39 is 23.1 Å². The number of rotatable bonds is 9. The summed E-state index contributed by atoms with van der Waals surface area (Å²) in [6.07, 6.45) is 4.39. The first-order valence-electron chi connectivity index (χ1n) is 14.2. The Morgan fingerprint density at radius 3 is 2.11 bits per heavy atom. The van der Waals surface area contributed by atoms with Crippen LogP contribution in [0.5, 0.6) is 0 Å². The number of carboxylic acids is 1. The lowest BCUT2D eigenvalue weighted by molar-refractivity contribution is -0.146. The predicted octanol–water partition coefficient (Wildman–Crippen LogP) is 7.57. The second-order valence-electron chi connectivity index (χ2n) is 10.5. The van der Waals surface area contributed by atoms with Gasteiger partial charge in [0.2, 0.25) is 17.7 Å². The van der Waals surface area contributed by atoms with Gasteiger partial charge in [0.05, 0.1) is 11.8 Å². The molecule has 3 unspecified atom stereocenters. The van der Waals surface area contributed by atoms with Crippen LogP contribution in [0, 0.1) is 11.8 Å². The number of hydrogen-bond donors (Lipinski definition) is 3. The van der Waals surface area contributed by atoms with Crippen LogP contribution in [0.25, 0.3) is 22.6 Å². The van der Waals surface area contributed by atoms with Crippen LogP contribution in [0.2, 0.25) is 0 Å². The number of carbonyl (C=O) groups is 3. The van der Waals surface area contributed by atoms with Crippen LogP contribution in [-0.4, -0.2) is 27.9 Å². The van der Waals surface area contributed by atoms with Gasteiger partial charge in [0.25, 0.3) is 0 Å². The monoisotopic (exact) mass is 603 g/mol. The summed E-state index contributed by atoms with van der Waals surface area (Å²) in [6, 6.07) is 31.7. The molecule has 44 heavy (non-hydrogen) atoms. The van der Waals surface area contributed by atoms with Crippen molar-refractivity contribution in [3.8, 4) is 11.5 Å². The van der Waals surface area contributed by atoms with Gasteiger partial charge in [-0.2, -0.15) is 0 Å². The van der Waals surface area contributed by atoms with E-state index in [1.54, 1.807) is 12.1 Å². The first kappa shape index (κ1) is 28.9. The average molecular weight is 604 g/mol. The van der Waals surface area contributed by atoms with Crippen molar-refractivity contribution < 1.29 is 23.9 Å². The highest BCUT2D eigenvalue weighted by atomic mass is 32.2. The van der Waals surface area contributed by atoms with E-state index in [4.69, 9.17) is 4.42 Å². The number of para-hydroxylation sites is 2. The second-order valence-corrected chi connectivity index (χ2v) is 11.6. The van der Waals surface area contributed by atoms with E-state index in [9.17, 15) is 19.5 Å². The topological polar surface area (TPSA) is 122 Å². The summed E-state index contributed by atoms with van der Waals surface area (Å²) in [5.74, 6) is -2.31. The number of aliphatic carboxylic acids is 1. The molecule has 8 nitrogen and oxygen atoms in total. The molecule has 1 aliphatic carbocycles. The highest BCUT2D eigenvalue weighted by molar-refractivity contribution is 8.00. The van der Waals surface area contributed by atoms with E-state index in [1.165, 1.54) is 11.8 Å². The van der Waals surface area contributed by atoms with E-state index in [-0.39, 0.29) is 11.8 Å². The summed E-state index contributed by atoms with van der Waals surface area (Å²) >= 11 is 1.39. The van der Waals surface area contributed by atoms with Crippen LogP contribution in [0.15, 0.2) is 125 Å². The van der Waals surface area contributed by atoms with E-state index in [2.05, 4.69) is 15.6 Å². The molecule has 5 aromatic rings. The van der Waals surface area contributed by atoms with E-state index in [1.807, 2.05) is 103 Å². The number of carbonyl (C=O) groups excluding carboxylic acids is 2. The molecule has 0 radical (unpaired) electrons. The molecular weight excluding hydrogens is 574 g/mol. The van der Waals surface area contributed by atoms with Crippen LogP contribution in [-0.2, 0) is 14.4 Å². The van der Waals surface area contributed by atoms with Gasteiger partial charge in [0, 0.05) is 21.8 Å². The highest BCUT2D eigenvalue weighted by Crippen LogP contribution is 2.37. The predicted molar refractivity (Wildman–Crippen MR) is 171 cm³/mol. The molecule has 2 amide bonds. The van der Waals surface area contributed by atoms with Crippen molar-refractivity contribution in [3.05, 3.63) is 121 Å². The molecule has 0 saturated carbocycles. The third-order valence-corrected chi connectivity index (χ3v) is 8.76. The van der Waals surface area contributed by atoms with E-state index >= 15 is 0 Å². The van der Waals surface area contributed by atoms with E-state index in [0.717, 1.165) is 21.5 Å². The fourth-order valence-corrected chi connectivity index (χ4v) is 6.19. The van der Waals surface area contributed by atoms with Crippen molar-refractivity contribution in [2.75, 3.05) is 10.6 Å². The van der Waals surface area contributed by atoms with Crippen molar-refractivity contribution in [3.63, 3.8) is 0 Å². The van der Waals surface area contributed by atoms with Crippen molar-refractivity contribution in [1.29, 1.82) is 0 Å². The summed E-state index contributed by atoms with van der Waals surface area (Å²) in [6.45, 7) is 0. The number of fused-ring (bicyclic) bond motifs is 1. The summed E-state index contributed by atoms with van der Waals surface area (Å²) in [5.41, 5.74) is 4.36. The Balaban J connectivity index is 1.14. The van der Waals surface area contributed by atoms with Gasteiger partial charge in [-0.05, 0) is 79.1 Å². The molecular formula is C35H29N3O5S. The summed E-state index contributed by atoms with van der Waals surface area (Å²) < 4.78 is 5.86. The molecule has 0 spiro atoms. The third kappa shape index (κ3) is 6.58. The van der Waals surface area contributed by atoms with Gasteiger partial charge in [-0.25, -0.2) is 4.98 Å². The van der Waals surface area contributed by atoms with Crippen molar-refractivity contribution >= 4 is 52.0 Å². The minimum atomic E-state index is -0.967. The first-order valence-corrected chi connectivity index (χ1v) is 15.1. The summed E-state index contributed by atoms with van der Waals surface area (Å²) in [4.78, 5) is 43.4. The lowest BCUT2D eigenvalue weighted by Crippen LogP contribution is -2.34. The maximum atomic E-state index is 13.6. The molecule has 6 rings (SSSR count). The Hall–Kier alpha value is -5.15. The molecule has 4 aromatic carbocycles. The van der Waals surface area contributed by atoms with Gasteiger partial charge in [0.1, 0.15) is 10.8 Å². The quantitative estimate of drug-likeness (QED) is 0.117. The Kier molecular flexibility index (Phi) is 8.56. The number of nitrogens with zero attached hydrogens (tertiary/aromatic N) is 1. The summed E-state index contributed by atoms with van der Waals surface area (Å²) in [5, 5.41) is 14.8.